The standard InChI is InChI=1S/C43H50N2O9/c1-5-41(47)52-27-13-9-7-11-25-50-36-19-15-34(16-20-36)31-44-39-23-22-38(29-32(39)3)54-43(49)24-18-35-17-21-37(30-40(35)45-33(4)46)51-26-12-8-10-14-28-53-42(48)6-2/h5-6,15-24,29-31H,1-2,7-14,25-28H2,3-4H3,(H,45,46)/b24-18+,44-31?. The second-order valence-corrected chi connectivity index (χ2v) is 12.2. The van der Waals surface area contributed by atoms with Crippen molar-refractivity contribution < 1.29 is 42.9 Å². The summed E-state index contributed by atoms with van der Waals surface area (Å²) in [5.41, 5.74) is 3.59. The molecular weight excluding hydrogens is 688 g/mol. The van der Waals surface area contributed by atoms with Crippen molar-refractivity contribution in [3.63, 3.8) is 0 Å². The quantitative estimate of drug-likeness (QED) is 0.0315. The van der Waals surface area contributed by atoms with E-state index in [-0.39, 0.29) is 11.9 Å². The van der Waals surface area contributed by atoms with Crippen molar-refractivity contribution >= 4 is 47.5 Å². The van der Waals surface area contributed by atoms with Crippen LogP contribution in [0.15, 0.2) is 97.0 Å². The van der Waals surface area contributed by atoms with Crippen molar-refractivity contribution in [3.8, 4) is 17.2 Å². The summed E-state index contributed by atoms with van der Waals surface area (Å²) in [4.78, 5) is 51.3. The Morgan fingerprint density at radius 3 is 1.80 bits per heavy atom. The fraction of sp³-hybridized carbons (Fsp3) is 0.326. The minimum absolute atomic E-state index is 0.257. The largest absolute Gasteiger partial charge is 0.494 e. The molecule has 54 heavy (non-hydrogen) atoms. The van der Waals surface area contributed by atoms with Crippen molar-refractivity contribution in [2.24, 2.45) is 4.99 Å². The molecule has 0 saturated carbocycles. The average Bonchev–Trinajstić information content (AvgIpc) is 3.16. The molecule has 0 bridgehead atoms. The van der Waals surface area contributed by atoms with Gasteiger partial charge in [0.25, 0.3) is 0 Å². The molecule has 0 fully saturated rings. The number of rotatable bonds is 24. The maximum atomic E-state index is 12.7. The molecule has 3 rings (SSSR count). The number of nitrogens with zero attached hydrogens (tertiary/aromatic N) is 1. The lowest BCUT2D eigenvalue weighted by atomic mass is 10.1. The van der Waals surface area contributed by atoms with Gasteiger partial charge in [-0.3, -0.25) is 9.79 Å². The molecular formula is C43H50N2O9. The van der Waals surface area contributed by atoms with Gasteiger partial charge in [-0.15, -0.1) is 0 Å². The van der Waals surface area contributed by atoms with Gasteiger partial charge in [0.05, 0.1) is 37.8 Å². The van der Waals surface area contributed by atoms with Gasteiger partial charge in [0.15, 0.2) is 0 Å². The van der Waals surface area contributed by atoms with E-state index in [1.807, 2.05) is 31.2 Å². The number of ether oxygens (including phenoxy) is 5. The summed E-state index contributed by atoms with van der Waals surface area (Å²) < 4.78 is 27.2. The number of carbonyl (C=O) groups excluding carboxylic acids is 4. The molecule has 11 nitrogen and oxygen atoms in total. The van der Waals surface area contributed by atoms with Crippen LogP contribution < -0.4 is 19.5 Å². The number of unbranched alkanes of at least 4 members (excludes halogenated alkanes) is 6. The lowest BCUT2D eigenvalue weighted by Gasteiger charge is -2.11. The zero-order valence-electron chi connectivity index (χ0n) is 31.2. The van der Waals surface area contributed by atoms with Crippen molar-refractivity contribution in [3.05, 3.63) is 109 Å². The van der Waals surface area contributed by atoms with Crippen molar-refractivity contribution in [2.75, 3.05) is 31.7 Å². The second kappa shape index (κ2) is 24.3. The molecule has 0 heterocycles. The Morgan fingerprint density at radius 2 is 1.22 bits per heavy atom. The van der Waals surface area contributed by atoms with Crippen LogP contribution in [0.25, 0.3) is 6.08 Å². The van der Waals surface area contributed by atoms with Crippen LogP contribution in [0.5, 0.6) is 17.2 Å². The molecule has 0 aliphatic carbocycles. The first kappa shape index (κ1) is 42.4. The van der Waals surface area contributed by atoms with Crippen molar-refractivity contribution in [2.45, 2.75) is 65.2 Å². The van der Waals surface area contributed by atoms with E-state index in [1.165, 1.54) is 19.1 Å². The summed E-state index contributed by atoms with van der Waals surface area (Å²) in [6.45, 7) is 11.9. The minimum atomic E-state index is -0.576. The predicted octanol–water partition coefficient (Wildman–Crippen LogP) is 8.66. The summed E-state index contributed by atoms with van der Waals surface area (Å²) in [6.07, 6.45) is 14.0. The lowest BCUT2D eigenvalue weighted by Crippen LogP contribution is -2.08. The van der Waals surface area contributed by atoms with Gasteiger partial charge in [-0.25, -0.2) is 14.4 Å². The van der Waals surface area contributed by atoms with Crippen LogP contribution in [0, 0.1) is 6.92 Å². The molecule has 286 valence electrons. The SMILES string of the molecule is C=CC(=O)OCCCCCCOc1ccc(C=Nc2ccc(OC(=O)/C=C/c3ccc(OCCCCCCOC(=O)C=C)cc3NC(C)=O)cc2C)cc1. The topological polar surface area (TPSA) is 139 Å². The van der Waals surface area contributed by atoms with Gasteiger partial charge in [0.1, 0.15) is 17.2 Å². The van der Waals surface area contributed by atoms with Crippen LogP contribution in [0.2, 0.25) is 0 Å². The molecule has 0 unspecified atom stereocenters. The molecule has 1 N–H and O–H groups in total. The number of carbonyl (C=O) groups is 4. The van der Waals surface area contributed by atoms with Crippen LogP contribution in [0.3, 0.4) is 0 Å². The Hall–Kier alpha value is -5.97. The van der Waals surface area contributed by atoms with E-state index in [9.17, 15) is 19.2 Å². The molecule has 0 atom stereocenters. The third-order valence-corrected chi connectivity index (χ3v) is 7.79. The Labute approximate surface area is 317 Å². The highest BCUT2D eigenvalue weighted by Gasteiger charge is 2.08. The normalized spacial score (nSPS) is 10.9. The maximum Gasteiger partial charge on any atom is 0.336 e. The van der Waals surface area contributed by atoms with Gasteiger partial charge in [0, 0.05) is 37.4 Å². The molecule has 0 aliphatic rings. The Morgan fingerprint density at radius 1 is 0.667 bits per heavy atom. The number of nitrogens with one attached hydrogen (secondary N) is 1. The minimum Gasteiger partial charge on any atom is -0.494 e. The van der Waals surface area contributed by atoms with Gasteiger partial charge >= 0.3 is 17.9 Å². The van der Waals surface area contributed by atoms with E-state index in [0.717, 1.165) is 80.0 Å². The Kier molecular flexibility index (Phi) is 19.1. The number of hydrogen-bond donors (Lipinski definition) is 1. The summed E-state index contributed by atoms with van der Waals surface area (Å²) in [5.74, 6) is 0.106. The molecule has 0 aliphatic heterocycles. The van der Waals surface area contributed by atoms with Gasteiger partial charge in [-0.05, 0) is 136 Å². The number of hydrogen-bond acceptors (Lipinski definition) is 10. The first-order valence-corrected chi connectivity index (χ1v) is 18.1. The molecule has 3 aromatic carbocycles. The van der Waals surface area contributed by atoms with E-state index >= 15 is 0 Å². The highest BCUT2D eigenvalue weighted by atomic mass is 16.5. The number of anilines is 1. The van der Waals surface area contributed by atoms with E-state index in [2.05, 4.69) is 23.5 Å². The third kappa shape index (κ3) is 17.0. The Bertz CT molecular complexity index is 1760. The van der Waals surface area contributed by atoms with Gasteiger partial charge < -0.3 is 29.0 Å². The Balaban J connectivity index is 1.44. The van der Waals surface area contributed by atoms with Crippen LogP contribution in [-0.2, 0) is 28.7 Å². The summed E-state index contributed by atoms with van der Waals surface area (Å²) in [7, 11) is 0. The summed E-state index contributed by atoms with van der Waals surface area (Å²) >= 11 is 0. The van der Waals surface area contributed by atoms with Crippen LogP contribution in [0.4, 0.5) is 11.4 Å². The van der Waals surface area contributed by atoms with Gasteiger partial charge in [-0.2, -0.15) is 0 Å². The number of esters is 3. The predicted molar refractivity (Wildman–Crippen MR) is 211 cm³/mol. The summed E-state index contributed by atoms with van der Waals surface area (Å²) in [6, 6.07) is 18.1. The van der Waals surface area contributed by atoms with E-state index in [1.54, 1.807) is 48.7 Å². The van der Waals surface area contributed by atoms with Crippen molar-refractivity contribution in [1.29, 1.82) is 0 Å². The first-order chi connectivity index (χ1) is 26.2. The van der Waals surface area contributed by atoms with Crippen molar-refractivity contribution in [1.82, 2.24) is 0 Å². The number of aliphatic imine (C=N–C) groups is 1. The molecule has 0 saturated heterocycles. The third-order valence-electron chi connectivity index (χ3n) is 7.79. The highest BCUT2D eigenvalue weighted by molar-refractivity contribution is 5.94. The molecule has 3 aromatic rings. The van der Waals surface area contributed by atoms with Gasteiger partial charge in [-0.1, -0.05) is 13.2 Å². The maximum absolute atomic E-state index is 12.7. The van der Waals surface area contributed by atoms with E-state index in [4.69, 9.17) is 23.7 Å². The lowest BCUT2D eigenvalue weighted by molar-refractivity contribution is -0.138. The number of aryl methyl sites for hydroxylation is 1. The molecule has 1 amide bonds. The van der Waals surface area contributed by atoms with Crippen LogP contribution in [0.1, 0.15) is 75.0 Å². The average molecular weight is 739 g/mol. The molecule has 11 heteroatoms. The smallest absolute Gasteiger partial charge is 0.336 e. The van der Waals surface area contributed by atoms with Crippen LogP contribution in [-0.4, -0.2) is 56.5 Å². The number of benzene rings is 3. The first-order valence-electron chi connectivity index (χ1n) is 18.1. The summed E-state index contributed by atoms with van der Waals surface area (Å²) in [5, 5.41) is 2.78. The highest BCUT2D eigenvalue weighted by Crippen LogP contribution is 2.26. The van der Waals surface area contributed by atoms with Gasteiger partial charge in [0.2, 0.25) is 5.91 Å². The zero-order chi connectivity index (χ0) is 39.0. The molecule has 0 spiro atoms. The van der Waals surface area contributed by atoms with Crippen LogP contribution >= 0.6 is 0 Å². The van der Waals surface area contributed by atoms with E-state index < -0.39 is 11.9 Å². The molecule has 0 radical (unpaired) electrons. The fourth-order valence-electron chi connectivity index (χ4n) is 4.97. The second-order valence-electron chi connectivity index (χ2n) is 12.2. The zero-order valence-corrected chi connectivity index (χ0v) is 31.2. The van der Waals surface area contributed by atoms with E-state index in [0.29, 0.717) is 49.2 Å². The monoisotopic (exact) mass is 738 g/mol. The number of amides is 1. The fourth-order valence-corrected chi connectivity index (χ4v) is 4.97. The molecule has 0 aromatic heterocycles.